The zero-order valence-corrected chi connectivity index (χ0v) is 9.97. The third-order valence-electron chi connectivity index (χ3n) is 2.71. The lowest BCUT2D eigenvalue weighted by molar-refractivity contribution is -0.126. The minimum atomic E-state index is -0.592. The van der Waals surface area contributed by atoms with Crippen molar-refractivity contribution in [1.82, 2.24) is 4.90 Å². The zero-order chi connectivity index (χ0) is 13.1. The molecule has 1 atom stereocenters. The highest BCUT2D eigenvalue weighted by Crippen LogP contribution is 2.26. The number of aliphatic imine (C=N–C) groups is 1. The number of hydrogen-bond donors (Lipinski definition) is 1. The number of ether oxygens (including phenoxy) is 1. The van der Waals surface area contributed by atoms with Gasteiger partial charge >= 0.3 is 0 Å². The Kier molecular flexibility index (Phi) is 3.45. The number of likely N-dealkylation sites (N-methyl/N-ethyl adjacent to an activating group) is 1. The number of alkyl halides is 1. The second-order valence-corrected chi connectivity index (χ2v) is 3.89. The van der Waals surface area contributed by atoms with Gasteiger partial charge in [-0.1, -0.05) is 12.1 Å². The van der Waals surface area contributed by atoms with Crippen molar-refractivity contribution in [3.8, 4) is 5.75 Å². The molecule has 1 amide bonds. The first-order chi connectivity index (χ1) is 8.63. The molecule has 6 heteroatoms. The number of carbonyl (C=O) groups excluding carboxylic acids is 1. The predicted octanol–water partition coefficient (Wildman–Crippen LogP) is 0.863. The van der Waals surface area contributed by atoms with Crippen molar-refractivity contribution >= 4 is 11.9 Å². The molecule has 2 rings (SSSR count). The van der Waals surface area contributed by atoms with Crippen LogP contribution >= 0.6 is 0 Å². The smallest absolute Gasteiger partial charge is 0.258 e. The van der Waals surface area contributed by atoms with Gasteiger partial charge in [-0.15, -0.1) is 0 Å². The van der Waals surface area contributed by atoms with Crippen LogP contribution in [0, 0.1) is 0 Å². The highest BCUT2D eigenvalue weighted by atomic mass is 19.1. The molecule has 0 spiro atoms. The fourth-order valence-corrected chi connectivity index (χ4v) is 1.69. The number of guanidine groups is 1. The molecule has 0 saturated carbocycles. The SMILES string of the molecule is CN1C(=O)C(c2ccc(OCCF)cc2)N=C1N. The van der Waals surface area contributed by atoms with Crippen LogP contribution < -0.4 is 10.5 Å². The fraction of sp³-hybridized carbons (Fsp3) is 0.333. The minimum absolute atomic E-state index is 0.0234. The molecule has 0 radical (unpaired) electrons. The Morgan fingerprint density at radius 1 is 1.44 bits per heavy atom. The molecule has 0 saturated heterocycles. The van der Waals surface area contributed by atoms with E-state index in [0.29, 0.717) is 5.75 Å². The highest BCUT2D eigenvalue weighted by Gasteiger charge is 2.31. The van der Waals surface area contributed by atoms with Gasteiger partial charge in [0.05, 0.1) is 0 Å². The number of benzene rings is 1. The summed E-state index contributed by atoms with van der Waals surface area (Å²) < 4.78 is 17.0. The van der Waals surface area contributed by atoms with Gasteiger partial charge in [0.15, 0.2) is 12.0 Å². The van der Waals surface area contributed by atoms with Gasteiger partial charge in [0, 0.05) is 7.05 Å². The molecule has 0 aliphatic carbocycles. The Morgan fingerprint density at radius 2 is 2.11 bits per heavy atom. The van der Waals surface area contributed by atoms with Crippen LogP contribution in [0.4, 0.5) is 4.39 Å². The van der Waals surface area contributed by atoms with Gasteiger partial charge in [-0.3, -0.25) is 9.69 Å². The summed E-state index contributed by atoms with van der Waals surface area (Å²) in [6.07, 6.45) is 0. The Hall–Kier alpha value is -2.11. The highest BCUT2D eigenvalue weighted by molar-refractivity contribution is 6.04. The first kappa shape index (κ1) is 12.3. The second-order valence-electron chi connectivity index (χ2n) is 3.89. The van der Waals surface area contributed by atoms with Gasteiger partial charge < -0.3 is 10.5 Å². The summed E-state index contributed by atoms with van der Waals surface area (Å²) >= 11 is 0. The third-order valence-corrected chi connectivity index (χ3v) is 2.71. The first-order valence-electron chi connectivity index (χ1n) is 5.53. The number of carbonyl (C=O) groups is 1. The molecular formula is C12H14FN3O2. The van der Waals surface area contributed by atoms with Crippen molar-refractivity contribution in [2.24, 2.45) is 10.7 Å². The number of halogens is 1. The lowest BCUT2D eigenvalue weighted by atomic mass is 10.1. The number of rotatable bonds is 4. The van der Waals surface area contributed by atoms with Crippen LogP contribution in [0.2, 0.25) is 0 Å². The minimum Gasteiger partial charge on any atom is -0.491 e. The van der Waals surface area contributed by atoms with E-state index in [9.17, 15) is 9.18 Å². The van der Waals surface area contributed by atoms with Gasteiger partial charge in [0.25, 0.3) is 5.91 Å². The van der Waals surface area contributed by atoms with Crippen LogP contribution in [0.3, 0.4) is 0 Å². The maximum Gasteiger partial charge on any atom is 0.258 e. The van der Waals surface area contributed by atoms with Crippen molar-refractivity contribution in [2.45, 2.75) is 6.04 Å². The van der Waals surface area contributed by atoms with Gasteiger partial charge in [-0.2, -0.15) is 0 Å². The van der Waals surface area contributed by atoms with Crippen LogP contribution in [0.15, 0.2) is 29.3 Å². The van der Waals surface area contributed by atoms with E-state index in [0.717, 1.165) is 5.56 Å². The van der Waals surface area contributed by atoms with Gasteiger partial charge in [0.2, 0.25) is 0 Å². The van der Waals surface area contributed by atoms with Crippen molar-refractivity contribution in [3.63, 3.8) is 0 Å². The maximum absolute atomic E-state index is 11.9. The molecule has 1 aliphatic rings. The molecule has 96 valence electrons. The van der Waals surface area contributed by atoms with Crippen LogP contribution in [0.5, 0.6) is 5.75 Å². The summed E-state index contributed by atoms with van der Waals surface area (Å²) in [6.45, 7) is -0.510. The lowest BCUT2D eigenvalue weighted by Gasteiger charge is -2.10. The Balaban J connectivity index is 2.13. The summed E-state index contributed by atoms with van der Waals surface area (Å²) in [5.41, 5.74) is 6.32. The van der Waals surface area contributed by atoms with Crippen molar-refractivity contribution < 1.29 is 13.9 Å². The first-order valence-corrected chi connectivity index (χ1v) is 5.53. The maximum atomic E-state index is 11.9. The normalized spacial score (nSPS) is 19.0. The Labute approximate surface area is 104 Å². The molecule has 5 nitrogen and oxygen atoms in total. The Bertz CT molecular complexity index is 473. The molecular weight excluding hydrogens is 237 g/mol. The summed E-state index contributed by atoms with van der Waals surface area (Å²) in [5.74, 6) is 0.611. The van der Waals surface area contributed by atoms with Crippen molar-refractivity contribution in [3.05, 3.63) is 29.8 Å². The summed E-state index contributed by atoms with van der Waals surface area (Å²) in [4.78, 5) is 17.2. The van der Waals surface area contributed by atoms with E-state index in [1.54, 1.807) is 31.3 Å². The molecule has 1 aliphatic heterocycles. The van der Waals surface area contributed by atoms with Gasteiger partial charge in [-0.25, -0.2) is 9.38 Å². The van der Waals surface area contributed by atoms with Crippen molar-refractivity contribution in [2.75, 3.05) is 20.3 Å². The lowest BCUT2D eigenvalue weighted by Crippen LogP contribution is -2.34. The molecule has 1 unspecified atom stereocenters. The summed E-state index contributed by atoms with van der Waals surface area (Å²) in [7, 11) is 1.58. The average Bonchev–Trinajstić information content (AvgIpc) is 2.65. The number of nitrogens with zero attached hydrogens (tertiary/aromatic N) is 2. The van der Waals surface area contributed by atoms with Crippen LogP contribution in [-0.2, 0) is 4.79 Å². The average molecular weight is 251 g/mol. The largest absolute Gasteiger partial charge is 0.491 e. The number of amides is 1. The van der Waals surface area contributed by atoms with Crippen molar-refractivity contribution in [1.29, 1.82) is 0 Å². The zero-order valence-electron chi connectivity index (χ0n) is 9.97. The fourth-order valence-electron chi connectivity index (χ4n) is 1.69. The second kappa shape index (κ2) is 5.03. The van der Waals surface area contributed by atoms with E-state index in [2.05, 4.69) is 4.99 Å². The monoisotopic (exact) mass is 251 g/mol. The molecule has 1 aromatic carbocycles. The molecule has 2 N–H and O–H groups in total. The van der Waals surface area contributed by atoms with Gasteiger partial charge in [-0.05, 0) is 17.7 Å². The molecule has 18 heavy (non-hydrogen) atoms. The van der Waals surface area contributed by atoms with Gasteiger partial charge in [0.1, 0.15) is 19.0 Å². The summed E-state index contributed by atoms with van der Waals surface area (Å²) in [5, 5.41) is 0. The third kappa shape index (κ3) is 2.27. The topological polar surface area (TPSA) is 67.9 Å². The van der Waals surface area contributed by atoms with E-state index < -0.39 is 12.7 Å². The van der Waals surface area contributed by atoms with E-state index in [1.165, 1.54) is 4.90 Å². The standard InChI is InChI=1S/C12H14FN3O2/c1-16-11(17)10(15-12(16)14)8-2-4-9(5-3-8)18-7-6-13/h2-5,10H,6-7H2,1H3,(H2,14,15). The van der Waals surface area contributed by atoms with E-state index >= 15 is 0 Å². The molecule has 0 aromatic heterocycles. The number of hydrogen-bond acceptors (Lipinski definition) is 4. The molecule has 1 heterocycles. The summed E-state index contributed by atoms with van der Waals surface area (Å²) in [6, 6.07) is 6.23. The molecule has 0 bridgehead atoms. The predicted molar refractivity (Wildman–Crippen MR) is 65.0 cm³/mol. The van der Waals surface area contributed by atoms with Crippen LogP contribution in [0.25, 0.3) is 0 Å². The Morgan fingerprint density at radius 3 is 2.61 bits per heavy atom. The molecule has 0 fully saturated rings. The van der Waals surface area contributed by atoms with E-state index in [-0.39, 0.29) is 18.5 Å². The number of nitrogens with two attached hydrogens (primary N) is 1. The van der Waals surface area contributed by atoms with E-state index in [4.69, 9.17) is 10.5 Å². The van der Waals surface area contributed by atoms with Crippen LogP contribution in [-0.4, -0.2) is 37.1 Å². The quantitative estimate of drug-likeness (QED) is 0.863. The molecule has 1 aromatic rings. The van der Waals surface area contributed by atoms with Crippen LogP contribution in [0.1, 0.15) is 11.6 Å². The van der Waals surface area contributed by atoms with E-state index in [1.807, 2.05) is 0 Å².